The van der Waals surface area contributed by atoms with Gasteiger partial charge in [-0.15, -0.1) is 0 Å². The van der Waals surface area contributed by atoms with E-state index in [1.54, 1.807) is 0 Å². The topological polar surface area (TPSA) is 50.6 Å². The average molecular weight is 415 g/mol. The third-order valence-corrected chi connectivity index (χ3v) is 7.27. The molecule has 0 aromatic heterocycles. The van der Waals surface area contributed by atoms with Crippen molar-refractivity contribution in [1.82, 2.24) is 14.7 Å². The van der Waals surface area contributed by atoms with Gasteiger partial charge in [0.05, 0.1) is 18.2 Å². The third-order valence-electron chi connectivity index (χ3n) is 7.27. The van der Waals surface area contributed by atoms with Crippen molar-refractivity contribution in [3.63, 3.8) is 0 Å². The van der Waals surface area contributed by atoms with Gasteiger partial charge in [0.15, 0.2) is 0 Å². The standard InChI is InChI=1S/C26H30N4O/c27-17-22-4-1-2-7-25(22)21-8-9-23-18-28(11-10-20(23)16-21)19-26(31)30-14-12-29(13-15-30)24-5-3-6-24/h1-2,4,7-9,16,24H,3,5-6,10-15,18-19H2. The van der Waals surface area contributed by atoms with Crippen LogP contribution in [0.3, 0.4) is 0 Å². The molecule has 2 aromatic rings. The zero-order valence-corrected chi connectivity index (χ0v) is 18.1. The van der Waals surface area contributed by atoms with Gasteiger partial charge in [-0.1, -0.05) is 42.8 Å². The Labute approximate surface area is 184 Å². The van der Waals surface area contributed by atoms with Crippen LogP contribution in [0.1, 0.15) is 36.0 Å². The highest BCUT2D eigenvalue weighted by molar-refractivity contribution is 5.78. The van der Waals surface area contributed by atoms with Gasteiger partial charge in [-0.2, -0.15) is 5.26 Å². The zero-order chi connectivity index (χ0) is 21.2. The van der Waals surface area contributed by atoms with E-state index in [0.29, 0.717) is 12.1 Å². The van der Waals surface area contributed by atoms with Crippen LogP contribution >= 0.6 is 0 Å². The van der Waals surface area contributed by atoms with Gasteiger partial charge in [-0.3, -0.25) is 14.6 Å². The van der Waals surface area contributed by atoms with E-state index in [0.717, 1.165) is 62.9 Å². The van der Waals surface area contributed by atoms with Gasteiger partial charge in [-0.05, 0) is 47.6 Å². The number of benzene rings is 2. The first-order valence-corrected chi connectivity index (χ1v) is 11.6. The van der Waals surface area contributed by atoms with Crippen LogP contribution < -0.4 is 0 Å². The maximum atomic E-state index is 12.9. The minimum atomic E-state index is 0.274. The van der Waals surface area contributed by atoms with E-state index >= 15 is 0 Å². The Kier molecular flexibility index (Phi) is 5.76. The number of fused-ring (bicyclic) bond motifs is 1. The summed E-state index contributed by atoms with van der Waals surface area (Å²) in [5, 5.41) is 9.41. The van der Waals surface area contributed by atoms with Gasteiger partial charge in [-0.25, -0.2) is 0 Å². The van der Waals surface area contributed by atoms with E-state index in [1.807, 2.05) is 24.3 Å². The molecule has 31 heavy (non-hydrogen) atoms. The van der Waals surface area contributed by atoms with Crippen molar-refractivity contribution in [2.75, 3.05) is 39.3 Å². The minimum Gasteiger partial charge on any atom is -0.339 e. The van der Waals surface area contributed by atoms with Crippen molar-refractivity contribution in [1.29, 1.82) is 5.26 Å². The second kappa shape index (κ2) is 8.82. The molecule has 0 bridgehead atoms. The van der Waals surface area contributed by atoms with E-state index in [1.165, 1.54) is 30.4 Å². The fourth-order valence-electron chi connectivity index (χ4n) is 5.13. The van der Waals surface area contributed by atoms with Gasteiger partial charge in [0.25, 0.3) is 0 Å². The monoisotopic (exact) mass is 414 g/mol. The van der Waals surface area contributed by atoms with Gasteiger partial charge in [0.1, 0.15) is 0 Å². The molecule has 160 valence electrons. The van der Waals surface area contributed by atoms with E-state index in [2.05, 4.69) is 39.0 Å². The smallest absolute Gasteiger partial charge is 0.236 e. The number of hydrogen-bond acceptors (Lipinski definition) is 4. The molecule has 0 N–H and O–H groups in total. The van der Waals surface area contributed by atoms with Crippen LogP contribution in [0, 0.1) is 11.3 Å². The molecule has 1 aliphatic carbocycles. The Balaban J connectivity index is 1.19. The first kappa shape index (κ1) is 20.2. The van der Waals surface area contributed by atoms with E-state index < -0.39 is 0 Å². The van der Waals surface area contributed by atoms with Crippen molar-refractivity contribution in [3.05, 3.63) is 59.2 Å². The lowest BCUT2D eigenvalue weighted by molar-refractivity contribution is -0.135. The SMILES string of the molecule is N#Cc1ccccc1-c1ccc2c(c1)CCN(CC(=O)N1CCN(C3CCC3)CC1)C2. The van der Waals surface area contributed by atoms with Crippen LogP contribution in [0.25, 0.3) is 11.1 Å². The predicted molar refractivity (Wildman–Crippen MR) is 121 cm³/mol. The number of rotatable bonds is 4. The summed E-state index contributed by atoms with van der Waals surface area (Å²) in [5.74, 6) is 0.274. The largest absolute Gasteiger partial charge is 0.339 e. The third kappa shape index (κ3) is 4.23. The van der Waals surface area contributed by atoms with E-state index in [-0.39, 0.29) is 5.91 Å². The molecule has 3 aliphatic rings. The number of carbonyl (C=O) groups is 1. The molecule has 1 saturated heterocycles. The lowest BCUT2D eigenvalue weighted by atomic mass is 9.91. The summed E-state index contributed by atoms with van der Waals surface area (Å²) in [5.41, 5.74) is 5.44. The van der Waals surface area contributed by atoms with E-state index in [4.69, 9.17) is 0 Å². The summed E-state index contributed by atoms with van der Waals surface area (Å²) in [4.78, 5) is 19.8. The molecule has 5 rings (SSSR count). The van der Waals surface area contributed by atoms with Crippen LogP contribution in [0.15, 0.2) is 42.5 Å². The highest BCUT2D eigenvalue weighted by Crippen LogP contribution is 2.29. The molecular weight excluding hydrogens is 384 g/mol. The lowest BCUT2D eigenvalue weighted by Gasteiger charge is -2.43. The molecule has 0 unspecified atom stereocenters. The van der Waals surface area contributed by atoms with Crippen LogP contribution in [0.2, 0.25) is 0 Å². The predicted octanol–water partition coefficient (Wildman–Crippen LogP) is 3.28. The van der Waals surface area contributed by atoms with Gasteiger partial charge >= 0.3 is 0 Å². The molecule has 5 nitrogen and oxygen atoms in total. The number of hydrogen-bond donors (Lipinski definition) is 0. The average Bonchev–Trinajstić information content (AvgIpc) is 2.78. The van der Waals surface area contributed by atoms with Gasteiger partial charge in [0, 0.05) is 45.3 Å². The molecule has 0 atom stereocenters. The Morgan fingerprint density at radius 2 is 1.81 bits per heavy atom. The van der Waals surface area contributed by atoms with Crippen molar-refractivity contribution in [2.24, 2.45) is 0 Å². The van der Waals surface area contributed by atoms with Crippen molar-refractivity contribution < 1.29 is 4.79 Å². The molecule has 0 spiro atoms. The number of amides is 1. The molecule has 2 fully saturated rings. The molecule has 5 heteroatoms. The summed E-state index contributed by atoms with van der Waals surface area (Å²) in [7, 11) is 0. The first-order valence-electron chi connectivity index (χ1n) is 11.6. The number of nitrogens with zero attached hydrogens (tertiary/aromatic N) is 4. The fraction of sp³-hybridized carbons (Fsp3) is 0.462. The van der Waals surface area contributed by atoms with Crippen molar-refractivity contribution in [2.45, 2.75) is 38.3 Å². The number of nitriles is 1. The van der Waals surface area contributed by atoms with Crippen LogP contribution in [-0.4, -0.2) is 65.9 Å². The summed E-state index contributed by atoms with van der Waals surface area (Å²) in [6.07, 6.45) is 4.99. The highest BCUT2D eigenvalue weighted by Gasteiger charge is 2.30. The Morgan fingerprint density at radius 1 is 1.00 bits per heavy atom. The second-order valence-electron chi connectivity index (χ2n) is 9.10. The summed E-state index contributed by atoms with van der Waals surface area (Å²) >= 11 is 0. The maximum Gasteiger partial charge on any atom is 0.236 e. The lowest BCUT2D eigenvalue weighted by Crippen LogP contribution is -2.55. The second-order valence-corrected chi connectivity index (χ2v) is 9.10. The summed E-state index contributed by atoms with van der Waals surface area (Å²) in [6, 6.07) is 17.4. The highest BCUT2D eigenvalue weighted by atomic mass is 16.2. The summed E-state index contributed by atoms with van der Waals surface area (Å²) < 4.78 is 0. The Bertz CT molecular complexity index is 999. The quantitative estimate of drug-likeness (QED) is 0.771. The van der Waals surface area contributed by atoms with Gasteiger partial charge < -0.3 is 4.90 Å². The Morgan fingerprint density at radius 3 is 2.55 bits per heavy atom. The molecule has 1 saturated carbocycles. The molecule has 2 heterocycles. The zero-order valence-electron chi connectivity index (χ0n) is 18.1. The molecular formula is C26H30N4O. The molecule has 0 radical (unpaired) electrons. The van der Waals surface area contributed by atoms with Crippen molar-refractivity contribution in [3.8, 4) is 17.2 Å². The maximum absolute atomic E-state index is 12.9. The van der Waals surface area contributed by atoms with Gasteiger partial charge in [0.2, 0.25) is 5.91 Å². The first-order chi connectivity index (χ1) is 15.2. The Hall–Kier alpha value is -2.68. The normalized spacial score (nSPS) is 20.0. The van der Waals surface area contributed by atoms with Crippen LogP contribution in [-0.2, 0) is 17.8 Å². The van der Waals surface area contributed by atoms with E-state index in [9.17, 15) is 10.1 Å². The summed E-state index contributed by atoms with van der Waals surface area (Å²) in [6.45, 7) is 6.07. The molecule has 2 aliphatic heterocycles. The van der Waals surface area contributed by atoms with Crippen LogP contribution in [0.4, 0.5) is 0 Å². The van der Waals surface area contributed by atoms with Crippen molar-refractivity contribution >= 4 is 5.91 Å². The van der Waals surface area contributed by atoms with Crippen LogP contribution in [0.5, 0.6) is 0 Å². The number of carbonyl (C=O) groups excluding carboxylic acids is 1. The molecule has 1 amide bonds. The number of piperazine rings is 1. The minimum absolute atomic E-state index is 0.274. The fourth-order valence-corrected chi connectivity index (χ4v) is 5.13. The molecule has 2 aromatic carbocycles.